The number of aliphatic hydroxyl groups excluding tert-OH is 1. The van der Waals surface area contributed by atoms with Gasteiger partial charge in [0.2, 0.25) is 0 Å². The molecule has 2 heterocycles. The minimum atomic E-state index is -1.26. The molecule has 3 rings (SSSR count). The molecule has 2 unspecified atom stereocenters. The van der Waals surface area contributed by atoms with Crippen LogP contribution in [0.4, 0.5) is 4.79 Å². The van der Waals surface area contributed by atoms with E-state index in [0.29, 0.717) is 12.4 Å². The van der Waals surface area contributed by atoms with E-state index in [9.17, 15) is 14.7 Å². The van der Waals surface area contributed by atoms with Crippen molar-refractivity contribution in [1.82, 2.24) is 10.2 Å². The molecule has 0 aliphatic carbocycles. The van der Waals surface area contributed by atoms with E-state index in [1.807, 2.05) is 30.3 Å². The Hall–Kier alpha value is -2.64. The van der Waals surface area contributed by atoms with Crippen molar-refractivity contribution in [3.63, 3.8) is 0 Å². The molecule has 1 aliphatic rings. The normalized spacial score (nSPS) is 21.4. The van der Waals surface area contributed by atoms with Gasteiger partial charge in [-0.15, -0.1) is 0 Å². The number of β-amino-alcohol motifs (C(OH)–C–C–N with tert-alkyl or cyclic N) is 1. The molecule has 0 radical (unpaired) electrons. The quantitative estimate of drug-likeness (QED) is 0.745. The number of furan rings is 1. The number of carbonyl (C=O) groups excluding carboxylic acids is 2. The van der Waals surface area contributed by atoms with Gasteiger partial charge >= 0.3 is 6.03 Å². The number of hydrogen-bond donors (Lipinski definition) is 2. The summed E-state index contributed by atoms with van der Waals surface area (Å²) in [5.41, 5.74) is -0.277. The van der Waals surface area contributed by atoms with Crippen LogP contribution in [0.3, 0.4) is 0 Å². The Kier molecular flexibility index (Phi) is 4.87. The molecule has 2 atom stereocenters. The monoisotopic (exact) mass is 344 g/mol. The summed E-state index contributed by atoms with van der Waals surface area (Å²) >= 11 is 0. The molecule has 1 saturated heterocycles. The Morgan fingerprint density at radius 2 is 2.00 bits per heavy atom. The number of hydrogen-bond acceptors (Lipinski definition) is 5. The molecule has 2 aromatic rings. The van der Waals surface area contributed by atoms with Crippen LogP contribution in [0.25, 0.3) is 0 Å². The van der Waals surface area contributed by atoms with Crippen LogP contribution in [0, 0.1) is 0 Å². The third-order valence-corrected chi connectivity index (χ3v) is 4.10. The zero-order valence-electron chi connectivity index (χ0n) is 13.8. The van der Waals surface area contributed by atoms with Gasteiger partial charge in [0, 0.05) is 0 Å². The second-order valence-electron chi connectivity index (χ2n) is 6.10. The highest BCUT2D eigenvalue weighted by atomic mass is 16.5. The highest BCUT2D eigenvalue weighted by molar-refractivity contribution is 6.06. The van der Waals surface area contributed by atoms with Crippen LogP contribution in [0.1, 0.15) is 18.2 Å². The number of amides is 3. The number of ether oxygens (including phenoxy) is 1. The lowest BCUT2D eigenvalue weighted by Gasteiger charge is -2.20. The summed E-state index contributed by atoms with van der Waals surface area (Å²) in [6.45, 7) is 1.80. The summed E-state index contributed by atoms with van der Waals surface area (Å²) in [6, 6.07) is 12.3. The van der Waals surface area contributed by atoms with Gasteiger partial charge in [0.15, 0.2) is 5.54 Å². The molecule has 3 amide bonds. The summed E-state index contributed by atoms with van der Waals surface area (Å²) in [5, 5.41) is 12.7. The number of benzene rings is 1. The molecule has 1 aliphatic heterocycles. The number of rotatable bonds is 7. The first-order valence-electron chi connectivity index (χ1n) is 7.98. The van der Waals surface area contributed by atoms with Gasteiger partial charge in [-0.05, 0) is 24.6 Å². The predicted molar refractivity (Wildman–Crippen MR) is 88.4 cm³/mol. The van der Waals surface area contributed by atoms with Crippen molar-refractivity contribution in [3.8, 4) is 0 Å². The molecular formula is C18H20N2O5. The van der Waals surface area contributed by atoms with Gasteiger partial charge < -0.3 is 19.6 Å². The molecule has 132 valence electrons. The number of nitrogens with one attached hydrogen (secondary N) is 1. The van der Waals surface area contributed by atoms with Gasteiger partial charge in [0.25, 0.3) is 5.91 Å². The molecule has 1 fully saturated rings. The van der Waals surface area contributed by atoms with Crippen LogP contribution in [0.15, 0.2) is 53.1 Å². The Balaban J connectivity index is 1.55. The minimum absolute atomic E-state index is 0.0173. The topological polar surface area (TPSA) is 92.0 Å². The lowest BCUT2D eigenvalue weighted by Crippen LogP contribution is -2.42. The summed E-state index contributed by atoms with van der Waals surface area (Å²) in [7, 11) is 0. The van der Waals surface area contributed by atoms with Crippen molar-refractivity contribution in [3.05, 3.63) is 60.1 Å². The smallest absolute Gasteiger partial charge is 0.325 e. The lowest BCUT2D eigenvalue weighted by molar-refractivity contribution is -0.133. The van der Waals surface area contributed by atoms with Crippen molar-refractivity contribution in [1.29, 1.82) is 0 Å². The largest absolute Gasteiger partial charge is 0.466 e. The first kappa shape index (κ1) is 17.2. The Labute approximate surface area is 145 Å². The molecule has 0 spiro atoms. The number of urea groups is 1. The molecule has 7 nitrogen and oxygen atoms in total. The maximum atomic E-state index is 12.6. The van der Waals surface area contributed by atoms with Gasteiger partial charge in [-0.3, -0.25) is 9.69 Å². The van der Waals surface area contributed by atoms with E-state index in [0.717, 1.165) is 10.5 Å². The van der Waals surface area contributed by atoms with Crippen LogP contribution in [-0.2, 0) is 21.7 Å². The van der Waals surface area contributed by atoms with E-state index in [4.69, 9.17) is 9.15 Å². The SMILES string of the molecule is CC1(c2ccco2)NC(=O)N(CC(O)COCc2ccccc2)C1=O. The fourth-order valence-corrected chi connectivity index (χ4v) is 2.74. The van der Waals surface area contributed by atoms with Gasteiger partial charge in [0.1, 0.15) is 5.76 Å². The molecular weight excluding hydrogens is 324 g/mol. The van der Waals surface area contributed by atoms with E-state index in [1.54, 1.807) is 19.1 Å². The average molecular weight is 344 g/mol. The fraction of sp³-hybridized carbons (Fsp3) is 0.333. The maximum absolute atomic E-state index is 12.6. The third kappa shape index (κ3) is 3.57. The summed E-state index contributed by atoms with van der Waals surface area (Å²) < 4.78 is 10.7. The first-order valence-corrected chi connectivity index (χ1v) is 7.98. The Morgan fingerprint density at radius 1 is 1.24 bits per heavy atom. The Morgan fingerprint density at radius 3 is 2.68 bits per heavy atom. The van der Waals surface area contributed by atoms with E-state index >= 15 is 0 Å². The van der Waals surface area contributed by atoms with Crippen molar-refractivity contribution < 1.29 is 23.8 Å². The molecule has 1 aromatic heterocycles. The molecule has 2 N–H and O–H groups in total. The minimum Gasteiger partial charge on any atom is -0.466 e. The Bertz CT molecular complexity index is 731. The fourth-order valence-electron chi connectivity index (χ4n) is 2.74. The summed E-state index contributed by atoms with van der Waals surface area (Å²) in [5.74, 6) is -0.113. The van der Waals surface area contributed by atoms with E-state index in [2.05, 4.69) is 5.32 Å². The van der Waals surface area contributed by atoms with Gasteiger partial charge in [-0.25, -0.2) is 4.79 Å². The second-order valence-corrected chi connectivity index (χ2v) is 6.10. The standard InChI is InChI=1S/C18H20N2O5/c1-18(15-8-5-9-25-15)16(22)20(17(23)19-18)10-14(21)12-24-11-13-6-3-2-4-7-13/h2-9,14,21H,10-12H2,1H3,(H,19,23). The highest BCUT2D eigenvalue weighted by Crippen LogP contribution is 2.29. The second kappa shape index (κ2) is 7.08. The lowest BCUT2D eigenvalue weighted by atomic mass is 9.99. The number of aliphatic hydroxyl groups is 1. The third-order valence-electron chi connectivity index (χ3n) is 4.10. The zero-order chi connectivity index (χ0) is 17.9. The van der Waals surface area contributed by atoms with E-state index in [1.165, 1.54) is 6.26 Å². The van der Waals surface area contributed by atoms with Crippen LogP contribution in [0.5, 0.6) is 0 Å². The molecule has 7 heteroatoms. The maximum Gasteiger partial charge on any atom is 0.325 e. The number of imide groups is 1. The van der Waals surface area contributed by atoms with Crippen molar-refractivity contribution in [2.24, 2.45) is 0 Å². The van der Waals surface area contributed by atoms with Crippen LogP contribution < -0.4 is 5.32 Å². The molecule has 0 saturated carbocycles. The molecule has 1 aromatic carbocycles. The van der Waals surface area contributed by atoms with Crippen LogP contribution in [0.2, 0.25) is 0 Å². The van der Waals surface area contributed by atoms with Crippen LogP contribution in [-0.4, -0.2) is 41.2 Å². The first-order chi connectivity index (χ1) is 12.0. The number of nitrogens with zero attached hydrogens (tertiary/aromatic N) is 1. The van der Waals surface area contributed by atoms with E-state index in [-0.39, 0.29) is 13.2 Å². The van der Waals surface area contributed by atoms with Gasteiger partial charge in [0.05, 0.1) is 32.1 Å². The zero-order valence-corrected chi connectivity index (χ0v) is 13.8. The molecule has 0 bridgehead atoms. The van der Waals surface area contributed by atoms with Gasteiger partial charge in [-0.1, -0.05) is 30.3 Å². The molecule has 25 heavy (non-hydrogen) atoms. The van der Waals surface area contributed by atoms with Gasteiger partial charge in [-0.2, -0.15) is 0 Å². The van der Waals surface area contributed by atoms with Crippen molar-refractivity contribution in [2.45, 2.75) is 25.2 Å². The summed E-state index contributed by atoms with van der Waals surface area (Å²) in [6.07, 6.45) is 0.465. The summed E-state index contributed by atoms with van der Waals surface area (Å²) in [4.78, 5) is 25.7. The highest BCUT2D eigenvalue weighted by Gasteiger charge is 2.51. The average Bonchev–Trinajstić information content (AvgIpc) is 3.21. The van der Waals surface area contributed by atoms with E-state index < -0.39 is 23.6 Å². The van der Waals surface area contributed by atoms with Crippen molar-refractivity contribution in [2.75, 3.05) is 13.2 Å². The van der Waals surface area contributed by atoms with Crippen molar-refractivity contribution >= 4 is 11.9 Å². The van der Waals surface area contributed by atoms with Crippen LogP contribution >= 0.6 is 0 Å². The predicted octanol–water partition coefficient (Wildman–Crippen LogP) is 1.62. The number of carbonyl (C=O) groups is 2.